The minimum absolute atomic E-state index is 0.0200. The Morgan fingerprint density at radius 3 is 2.76 bits per heavy atom. The Labute approximate surface area is 125 Å². The van der Waals surface area contributed by atoms with Gasteiger partial charge in [-0.3, -0.25) is 0 Å². The maximum absolute atomic E-state index is 13.3. The topological polar surface area (TPSA) is 29.5 Å². The number of ether oxygens (including phenoxy) is 1. The number of aliphatic hydroxyl groups is 1. The Hall–Kier alpha value is -2.09. The molecule has 2 nitrogen and oxygen atoms in total. The van der Waals surface area contributed by atoms with Gasteiger partial charge < -0.3 is 9.84 Å². The summed E-state index contributed by atoms with van der Waals surface area (Å²) in [6, 6.07) is 8.23. The second-order valence-corrected chi connectivity index (χ2v) is 4.48. The third-order valence-electron chi connectivity index (χ3n) is 2.66. The van der Waals surface area contributed by atoms with Crippen molar-refractivity contribution in [2.75, 3.05) is 6.61 Å². The number of rotatable bonds is 3. The van der Waals surface area contributed by atoms with Crippen molar-refractivity contribution in [2.45, 2.75) is 6.61 Å². The summed E-state index contributed by atoms with van der Waals surface area (Å²) in [6.45, 7) is -0.333. The molecule has 0 aromatic heterocycles. The second kappa shape index (κ2) is 7.07. The van der Waals surface area contributed by atoms with Crippen molar-refractivity contribution < 1.29 is 18.6 Å². The lowest BCUT2D eigenvalue weighted by Gasteiger charge is -2.10. The van der Waals surface area contributed by atoms with Crippen molar-refractivity contribution in [3.8, 4) is 17.6 Å². The smallest absolute Gasteiger partial charge is 0.142 e. The van der Waals surface area contributed by atoms with E-state index >= 15 is 0 Å². The number of hydrogen-bond acceptors (Lipinski definition) is 2. The minimum Gasteiger partial charge on any atom is -0.487 e. The van der Waals surface area contributed by atoms with Gasteiger partial charge in [0.1, 0.15) is 30.6 Å². The van der Waals surface area contributed by atoms with Gasteiger partial charge in [0.25, 0.3) is 0 Å². The molecule has 0 amide bonds. The van der Waals surface area contributed by atoms with E-state index in [9.17, 15) is 8.78 Å². The van der Waals surface area contributed by atoms with Gasteiger partial charge in [-0.25, -0.2) is 8.78 Å². The first kappa shape index (κ1) is 15.3. The quantitative estimate of drug-likeness (QED) is 0.879. The Kier molecular flexibility index (Phi) is 5.15. The lowest BCUT2D eigenvalue weighted by molar-refractivity contribution is 0.303. The van der Waals surface area contributed by atoms with Crippen LogP contribution in [0.2, 0.25) is 5.02 Å². The van der Waals surface area contributed by atoms with Gasteiger partial charge in [0.05, 0.1) is 10.6 Å². The molecule has 108 valence electrons. The van der Waals surface area contributed by atoms with Crippen LogP contribution < -0.4 is 4.74 Å². The summed E-state index contributed by atoms with van der Waals surface area (Å²) in [4.78, 5) is 0. The van der Waals surface area contributed by atoms with Crippen LogP contribution in [0.4, 0.5) is 8.78 Å². The Balaban J connectivity index is 2.23. The number of halogens is 3. The van der Waals surface area contributed by atoms with E-state index in [1.807, 2.05) is 0 Å². The Morgan fingerprint density at radius 2 is 2.00 bits per heavy atom. The summed E-state index contributed by atoms with van der Waals surface area (Å²) in [7, 11) is 0. The van der Waals surface area contributed by atoms with Crippen LogP contribution in [0.1, 0.15) is 11.1 Å². The number of benzene rings is 2. The molecule has 0 aliphatic heterocycles. The van der Waals surface area contributed by atoms with Gasteiger partial charge in [-0.1, -0.05) is 35.6 Å². The Morgan fingerprint density at radius 1 is 1.19 bits per heavy atom. The molecular weight excluding hydrogens is 298 g/mol. The maximum Gasteiger partial charge on any atom is 0.142 e. The zero-order valence-corrected chi connectivity index (χ0v) is 11.6. The van der Waals surface area contributed by atoms with Gasteiger partial charge in [-0.15, -0.1) is 0 Å². The van der Waals surface area contributed by atoms with Gasteiger partial charge in [0.2, 0.25) is 0 Å². The van der Waals surface area contributed by atoms with Crippen LogP contribution in [0.15, 0.2) is 36.4 Å². The first-order valence-electron chi connectivity index (χ1n) is 6.07. The predicted octanol–water partition coefficient (Wildman–Crippen LogP) is 3.54. The molecule has 0 spiro atoms. The lowest BCUT2D eigenvalue weighted by atomic mass is 10.2. The van der Waals surface area contributed by atoms with Crippen molar-refractivity contribution in [1.29, 1.82) is 0 Å². The summed E-state index contributed by atoms with van der Waals surface area (Å²) >= 11 is 5.82. The molecule has 0 fully saturated rings. The van der Waals surface area contributed by atoms with Crippen molar-refractivity contribution in [3.05, 3.63) is 64.2 Å². The predicted molar refractivity (Wildman–Crippen MR) is 76.1 cm³/mol. The summed E-state index contributed by atoms with van der Waals surface area (Å²) in [6.07, 6.45) is 0. The van der Waals surface area contributed by atoms with Crippen molar-refractivity contribution in [2.24, 2.45) is 0 Å². The molecule has 0 aliphatic rings. The molecule has 0 bridgehead atoms. The monoisotopic (exact) mass is 308 g/mol. The third-order valence-corrected chi connectivity index (χ3v) is 3.08. The summed E-state index contributed by atoms with van der Waals surface area (Å²) in [5.41, 5.74) is 0.875. The summed E-state index contributed by atoms with van der Waals surface area (Å²) < 4.78 is 32.1. The SMILES string of the molecule is OCC#Cc1ccc(F)cc1OCc1cccc(F)c1Cl. The molecule has 0 atom stereocenters. The van der Waals surface area contributed by atoms with E-state index in [4.69, 9.17) is 21.4 Å². The highest BCUT2D eigenvalue weighted by Crippen LogP contribution is 2.24. The van der Waals surface area contributed by atoms with E-state index in [-0.39, 0.29) is 24.0 Å². The van der Waals surface area contributed by atoms with Crippen LogP contribution in [0, 0.1) is 23.5 Å². The molecule has 21 heavy (non-hydrogen) atoms. The van der Waals surface area contributed by atoms with Crippen LogP contribution in [-0.4, -0.2) is 11.7 Å². The van der Waals surface area contributed by atoms with Crippen molar-refractivity contribution >= 4 is 11.6 Å². The van der Waals surface area contributed by atoms with E-state index in [0.717, 1.165) is 0 Å². The zero-order valence-electron chi connectivity index (χ0n) is 10.9. The average molecular weight is 309 g/mol. The highest BCUT2D eigenvalue weighted by Gasteiger charge is 2.08. The van der Waals surface area contributed by atoms with Gasteiger partial charge in [0.15, 0.2) is 0 Å². The molecule has 2 rings (SSSR count). The van der Waals surface area contributed by atoms with Crippen LogP contribution in [-0.2, 0) is 6.61 Å². The second-order valence-electron chi connectivity index (χ2n) is 4.10. The fourth-order valence-electron chi connectivity index (χ4n) is 1.67. The fraction of sp³-hybridized carbons (Fsp3) is 0.125. The highest BCUT2D eigenvalue weighted by molar-refractivity contribution is 6.31. The molecule has 2 aromatic carbocycles. The van der Waals surface area contributed by atoms with Gasteiger partial charge >= 0.3 is 0 Å². The van der Waals surface area contributed by atoms with E-state index in [2.05, 4.69) is 11.8 Å². The van der Waals surface area contributed by atoms with Crippen LogP contribution in [0.3, 0.4) is 0 Å². The van der Waals surface area contributed by atoms with Crippen LogP contribution in [0.25, 0.3) is 0 Å². The van der Waals surface area contributed by atoms with Crippen molar-refractivity contribution in [1.82, 2.24) is 0 Å². The zero-order chi connectivity index (χ0) is 15.2. The van der Waals surface area contributed by atoms with E-state index in [1.54, 1.807) is 6.07 Å². The highest BCUT2D eigenvalue weighted by atomic mass is 35.5. The van der Waals surface area contributed by atoms with Gasteiger partial charge in [-0.2, -0.15) is 0 Å². The Bertz CT molecular complexity index is 705. The molecule has 1 N–H and O–H groups in total. The van der Waals surface area contributed by atoms with Gasteiger partial charge in [0, 0.05) is 11.6 Å². The molecule has 0 aliphatic carbocycles. The first-order chi connectivity index (χ1) is 10.1. The number of hydrogen-bond donors (Lipinski definition) is 1. The van der Waals surface area contributed by atoms with Crippen molar-refractivity contribution in [3.63, 3.8) is 0 Å². The summed E-state index contributed by atoms with van der Waals surface area (Å²) in [5, 5.41) is 8.67. The largest absolute Gasteiger partial charge is 0.487 e. The maximum atomic E-state index is 13.3. The van der Waals surface area contributed by atoms with E-state index in [1.165, 1.54) is 30.3 Å². The normalized spacial score (nSPS) is 9.90. The third kappa shape index (κ3) is 3.94. The standard InChI is InChI=1S/C16H11ClF2O2/c17-16-12(3-1-5-14(16)19)10-21-15-9-13(18)7-6-11(15)4-2-8-20/h1,3,5-7,9,20H,8,10H2. The fourth-order valence-corrected chi connectivity index (χ4v) is 1.85. The molecule has 0 radical (unpaired) electrons. The molecule has 0 heterocycles. The average Bonchev–Trinajstić information content (AvgIpc) is 2.48. The molecular formula is C16H11ClF2O2. The molecule has 0 saturated carbocycles. The number of aliphatic hydroxyl groups excluding tert-OH is 1. The molecule has 2 aromatic rings. The molecule has 0 unspecified atom stereocenters. The molecule has 5 heteroatoms. The van der Waals surface area contributed by atoms with Crippen LogP contribution in [0.5, 0.6) is 5.75 Å². The lowest BCUT2D eigenvalue weighted by Crippen LogP contribution is -1.99. The van der Waals surface area contributed by atoms with Gasteiger partial charge in [-0.05, 0) is 18.2 Å². The van der Waals surface area contributed by atoms with Crippen LogP contribution >= 0.6 is 11.6 Å². The van der Waals surface area contributed by atoms with E-state index < -0.39 is 11.6 Å². The molecule has 0 saturated heterocycles. The summed E-state index contributed by atoms with van der Waals surface area (Å²) in [5.74, 6) is 4.29. The minimum atomic E-state index is -0.544. The van der Waals surface area contributed by atoms with E-state index in [0.29, 0.717) is 11.1 Å². The first-order valence-corrected chi connectivity index (χ1v) is 6.44.